The Labute approximate surface area is 273 Å². The predicted molar refractivity (Wildman–Crippen MR) is 174 cm³/mol. The Morgan fingerprint density at radius 1 is 0.565 bits per heavy atom. The van der Waals surface area contributed by atoms with Gasteiger partial charge in [-0.05, 0) is 37.1 Å². The van der Waals surface area contributed by atoms with Gasteiger partial charge in [-0.15, -0.1) is 33.6 Å². The van der Waals surface area contributed by atoms with Crippen LogP contribution >= 0.6 is 23.5 Å². The number of thioether (sulfide) groups is 2. The summed E-state index contributed by atoms with van der Waals surface area (Å²) in [7, 11) is 0. The second-order valence-corrected chi connectivity index (χ2v) is 12.6. The number of carbonyl (C=O) groups excluding carboxylic acids is 4. The van der Waals surface area contributed by atoms with Gasteiger partial charge in [-0.25, -0.2) is 0 Å². The van der Waals surface area contributed by atoms with E-state index in [-0.39, 0.29) is 23.6 Å². The molecule has 2 aromatic heterocycles. The minimum atomic E-state index is -0.262. The van der Waals surface area contributed by atoms with E-state index in [0.29, 0.717) is 94.7 Å². The second kappa shape index (κ2) is 13.7. The lowest BCUT2D eigenvalue weighted by molar-refractivity contribution is 0.0639. The van der Waals surface area contributed by atoms with Gasteiger partial charge in [0.05, 0.1) is 22.3 Å². The first kappa shape index (κ1) is 31.2. The van der Waals surface area contributed by atoms with Gasteiger partial charge in [-0.3, -0.25) is 38.1 Å². The van der Waals surface area contributed by atoms with Crippen LogP contribution in [-0.2, 0) is 13.1 Å². The summed E-state index contributed by atoms with van der Waals surface area (Å²) in [5.41, 5.74) is 1.78. The molecule has 4 heterocycles. The third-order valence-electron chi connectivity index (χ3n) is 7.53. The van der Waals surface area contributed by atoms with Crippen molar-refractivity contribution in [3.05, 3.63) is 96.1 Å². The van der Waals surface area contributed by atoms with Gasteiger partial charge in [0.25, 0.3) is 23.6 Å². The number of carbonyl (C=O) groups is 4. The molecule has 4 amide bonds. The van der Waals surface area contributed by atoms with E-state index in [1.54, 1.807) is 60.7 Å². The molecule has 2 aliphatic heterocycles. The highest BCUT2D eigenvalue weighted by Crippen LogP contribution is 2.29. The molecule has 6 rings (SSSR count). The standard InChI is InChI=1S/C32H30N8O4S2/c1-3-15-37-25(33-35-31(37)45-19-9-17-39-27(41)21-11-5-6-12-22(21)28(39)42)26-34-36-32(38(26)16-4-2)46-20-10-18-40-29(43)23-13-7-8-14-24(23)30(40)44/h3-8,11-14H,1-2,9-10,15-20H2. The van der Waals surface area contributed by atoms with E-state index in [0.717, 1.165) is 0 Å². The zero-order chi connectivity index (χ0) is 32.2. The zero-order valence-corrected chi connectivity index (χ0v) is 26.5. The van der Waals surface area contributed by atoms with Crippen molar-refractivity contribution in [3.63, 3.8) is 0 Å². The summed E-state index contributed by atoms with van der Waals surface area (Å²) in [5, 5.41) is 19.0. The Bertz CT molecular complexity index is 1660. The highest BCUT2D eigenvalue weighted by Gasteiger charge is 2.35. The maximum atomic E-state index is 12.7. The second-order valence-electron chi connectivity index (χ2n) is 10.4. The predicted octanol–water partition coefficient (Wildman–Crippen LogP) is 4.47. The molecule has 12 nitrogen and oxygen atoms in total. The molecule has 0 atom stereocenters. The molecule has 2 aromatic carbocycles. The van der Waals surface area contributed by atoms with Crippen molar-refractivity contribution in [1.82, 2.24) is 39.3 Å². The summed E-state index contributed by atoms with van der Waals surface area (Å²) in [4.78, 5) is 53.3. The van der Waals surface area contributed by atoms with E-state index in [1.165, 1.54) is 33.3 Å². The molecule has 0 N–H and O–H groups in total. The van der Waals surface area contributed by atoms with Crippen LogP contribution in [0, 0.1) is 0 Å². The average molecular weight is 655 g/mol. The first-order valence-electron chi connectivity index (χ1n) is 14.7. The van der Waals surface area contributed by atoms with E-state index in [9.17, 15) is 19.2 Å². The lowest BCUT2D eigenvalue weighted by Crippen LogP contribution is -2.31. The molecule has 0 unspecified atom stereocenters. The summed E-state index contributed by atoms with van der Waals surface area (Å²) in [6.45, 7) is 9.26. The fourth-order valence-electron chi connectivity index (χ4n) is 5.37. The van der Waals surface area contributed by atoms with Gasteiger partial charge in [0, 0.05) is 37.7 Å². The fraction of sp³-hybridized carbons (Fsp3) is 0.250. The van der Waals surface area contributed by atoms with Crippen molar-refractivity contribution in [2.45, 2.75) is 36.2 Å². The molecule has 0 saturated heterocycles. The van der Waals surface area contributed by atoms with Crippen LogP contribution in [0.5, 0.6) is 0 Å². The topological polar surface area (TPSA) is 136 Å². The van der Waals surface area contributed by atoms with Crippen molar-refractivity contribution >= 4 is 47.2 Å². The molecule has 0 saturated carbocycles. The first-order chi connectivity index (χ1) is 22.4. The largest absolute Gasteiger partial charge is 0.295 e. The first-order valence-corrected chi connectivity index (χ1v) is 16.7. The number of imide groups is 2. The third-order valence-corrected chi connectivity index (χ3v) is 9.63. The van der Waals surface area contributed by atoms with Crippen molar-refractivity contribution in [2.24, 2.45) is 0 Å². The van der Waals surface area contributed by atoms with Crippen LogP contribution in [0.4, 0.5) is 0 Å². The highest BCUT2D eigenvalue weighted by atomic mass is 32.2. The number of rotatable bonds is 15. The SMILES string of the molecule is C=CCn1c(SCCCN2C(=O)c3ccccc3C2=O)nnc1-c1nnc(SCCCN2C(=O)c3ccccc3C2=O)n1CC=C. The Morgan fingerprint density at radius 2 is 0.913 bits per heavy atom. The Kier molecular flexibility index (Phi) is 9.26. The molecule has 14 heteroatoms. The molecule has 234 valence electrons. The van der Waals surface area contributed by atoms with E-state index < -0.39 is 0 Å². The van der Waals surface area contributed by atoms with Crippen molar-refractivity contribution in [1.29, 1.82) is 0 Å². The van der Waals surface area contributed by atoms with Gasteiger partial charge in [0.15, 0.2) is 10.3 Å². The van der Waals surface area contributed by atoms with Crippen LogP contribution in [-0.4, -0.2) is 87.6 Å². The third kappa shape index (κ3) is 5.81. The molecule has 46 heavy (non-hydrogen) atoms. The van der Waals surface area contributed by atoms with Crippen LogP contribution < -0.4 is 0 Å². The van der Waals surface area contributed by atoms with E-state index in [1.807, 2.05) is 9.13 Å². The number of amides is 4. The van der Waals surface area contributed by atoms with Crippen LogP contribution in [0.1, 0.15) is 54.3 Å². The number of nitrogens with zero attached hydrogens (tertiary/aromatic N) is 8. The Morgan fingerprint density at radius 3 is 1.24 bits per heavy atom. The molecule has 0 radical (unpaired) electrons. The van der Waals surface area contributed by atoms with E-state index >= 15 is 0 Å². The zero-order valence-electron chi connectivity index (χ0n) is 24.9. The smallest absolute Gasteiger partial charge is 0.261 e. The van der Waals surface area contributed by atoms with Crippen molar-refractivity contribution in [3.8, 4) is 11.6 Å². The van der Waals surface area contributed by atoms with Crippen molar-refractivity contribution in [2.75, 3.05) is 24.6 Å². The number of benzene rings is 2. The minimum absolute atomic E-state index is 0.262. The van der Waals surface area contributed by atoms with Gasteiger partial charge in [-0.2, -0.15) is 0 Å². The molecule has 0 spiro atoms. The van der Waals surface area contributed by atoms with Gasteiger partial charge < -0.3 is 0 Å². The maximum absolute atomic E-state index is 12.7. The number of allylic oxidation sites excluding steroid dienone is 2. The normalized spacial score (nSPS) is 13.9. The van der Waals surface area contributed by atoms with Gasteiger partial charge >= 0.3 is 0 Å². The number of aromatic nitrogens is 6. The molecule has 0 fully saturated rings. The molecule has 2 aliphatic rings. The van der Waals surface area contributed by atoms with Gasteiger partial charge in [0.1, 0.15) is 0 Å². The van der Waals surface area contributed by atoms with Crippen LogP contribution in [0.2, 0.25) is 0 Å². The maximum Gasteiger partial charge on any atom is 0.261 e. The van der Waals surface area contributed by atoms with Crippen LogP contribution in [0.3, 0.4) is 0 Å². The van der Waals surface area contributed by atoms with Crippen molar-refractivity contribution < 1.29 is 19.2 Å². The molecule has 0 bridgehead atoms. The summed E-state index contributed by atoms with van der Waals surface area (Å²) in [6, 6.07) is 13.7. The monoisotopic (exact) mass is 654 g/mol. The quantitative estimate of drug-likeness (QED) is 0.0782. The highest BCUT2D eigenvalue weighted by molar-refractivity contribution is 7.99. The lowest BCUT2D eigenvalue weighted by atomic mass is 10.1. The number of hydrogen-bond donors (Lipinski definition) is 0. The van der Waals surface area contributed by atoms with Crippen LogP contribution in [0.25, 0.3) is 11.6 Å². The van der Waals surface area contributed by atoms with E-state index in [2.05, 4.69) is 33.6 Å². The Hall–Kier alpha value is -4.82. The molecular weight excluding hydrogens is 625 g/mol. The minimum Gasteiger partial charge on any atom is -0.295 e. The van der Waals surface area contributed by atoms with Crippen LogP contribution in [0.15, 0.2) is 84.2 Å². The number of fused-ring (bicyclic) bond motifs is 2. The summed E-state index contributed by atoms with van der Waals surface area (Å²) in [6.07, 6.45) is 4.67. The summed E-state index contributed by atoms with van der Waals surface area (Å²) >= 11 is 2.95. The molecule has 0 aliphatic carbocycles. The van der Waals surface area contributed by atoms with Gasteiger partial charge in [-0.1, -0.05) is 59.9 Å². The molecular formula is C32H30N8O4S2. The fourth-order valence-corrected chi connectivity index (χ4v) is 7.11. The van der Waals surface area contributed by atoms with E-state index in [4.69, 9.17) is 0 Å². The summed E-state index contributed by atoms with van der Waals surface area (Å²) in [5.74, 6) is 1.21. The lowest BCUT2D eigenvalue weighted by Gasteiger charge is -2.14. The molecule has 4 aromatic rings. The summed E-state index contributed by atoms with van der Waals surface area (Å²) < 4.78 is 3.81. The Balaban J connectivity index is 1.08. The van der Waals surface area contributed by atoms with Gasteiger partial charge in [0.2, 0.25) is 11.6 Å². The average Bonchev–Trinajstić information content (AvgIpc) is 3.78. The number of hydrogen-bond acceptors (Lipinski definition) is 10.